The number of rotatable bonds is 6. The fraction of sp³-hybridized carbons (Fsp3) is 0.0278. The van der Waals surface area contributed by atoms with Crippen LogP contribution in [0.1, 0.15) is 22.5 Å². The topological polar surface area (TPSA) is 86.2 Å². The molecule has 0 aliphatic rings. The maximum Gasteiger partial charge on any atom is 0.163 e. The Labute approximate surface area is 238 Å². The van der Waals surface area contributed by atoms with Crippen LogP contribution in [0.4, 0.5) is 0 Å². The van der Waals surface area contributed by atoms with Crippen LogP contribution < -0.4 is 0 Å². The first-order valence-electron chi connectivity index (χ1n) is 13.2. The SMILES string of the molecule is N#Cc1ccc(-c2cc(Cc3nc(-c4ccccc4)nc(-c4ccccc4)n3)cc(-c3ccc(C#N)cc3)c2)cc1. The van der Waals surface area contributed by atoms with Crippen molar-refractivity contribution < 1.29 is 0 Å². The maximum atomic E-state index is 9.26. The molecule has 0 radical (unpaired) electrons. The highest BCUT2D eigenvalue weighted by Crippen LogP contribution is 2.30. The smallest absolute Gasteiger partial charge is 0.163 e. The van der Waals surface area contributed by atoms with Gasteiger partial charge in [0.25, 0.3) is 0 Å². The summed E-state index contributed by atoms with van der Waals surface area (Å²) in [6.45, 7) is 0. The highest BCUT2D eigenvalue weighted by Gasteiger charge is 2.13. The number of hydrogen-bond acceptors (Lipinski definition) is 5. The van der Waals surface area contributed by atoms with E-state index in [1.165, 1.54) is 0 Å². The Morgan fingerprint density at radius 3 is 1.29 bits per heavy atom. The monoisotopic (exact) mass is 525 g/mol. The zero-order chi connectivity index (χ0) is 28.0. The third-order valence-corrected chi connectivity index (χ3v) is 6.80. The molecule has 0 N–H and O–H groups in total. The zero-order valence-electron chi connectivity index (χ0n) is 22.1. The molecule has 1 heterocycles. The Hall–Kier alpha value is -5.91. The van der Waals surface area contributed by atoms with Crippen LogP contribution in [0.15, 0.2) is 127 Å². The van der Waals surface area contributed by atoms with Gasteiger partial charge in [-0.25, -0.2) is 15.0 Å². The molecule has 0 amide bonds. The summed E-state index contributed by atoms with van der Waals surface area (Å²) in [6.07, 6.45) is 0.496. The minimum Gasteiger partial charge on any atom is -0.213 e. The Balaban J connectivity index is 1.46. The lowest BCUT2D eigenvalue weighted by Crippen LogP contribution is -2.04. The van der Waals surface area contributed by atoms with Crippen LogP contribution in [0.3, 0.4) is 0 Å². The highest BCUT2D eigenvalue weighted by atomic mass is 15.0. The Morgan fingerprint density at radius 1 is 0.439 bits per heavy atom. The molecule has 0 fully saturated rings. The predicted molar refractivity (Wildman–Crippen MR) is 160 cm³/mol. The molecule has 6 aromatic rings. The van der Waals surface area contributed by atoms with Crippen molar-refractivity contribution in [3.63, 3.8) is 0 Å². The van der Waals surface area contributed by atoms with E-state index in [4.69, 9.17) is 15.0 Å². The van der Waals surface area contributed by atoms with Crippen LogP contribution in [-0.4, -0.2) is 15.0 Å². The second-order valence-corrected chi connectivity index (χ2v) is 9.60. The third kappa shape index (κ3) is 5.76. The molecule has 0 bridgehead atoms. The van der Waals surface area contributed by atoms with Crippen LogP contribution in [0, 0.1) is 22.7 Å². The van der Waals surface area contributed by atoms with Crippen LogP contribution in [0.25, 0.3) is 45.0 Å². The molecule has 0 saturated heterocycles. The van der Waals surface area contributed by atoms with Gasteiger partial charge in [0.2, 0.25) is 0 Å². The first-order chi connectivity index (χ1) is 20.2. The summed E-state index contributed by atoms with van der Waals surface area (Å²) in [7, 11) is 0. The largest absolute Gasteiger partial charge is 0.213 e. The number of nitrogens with zero attached hydrogens (tertiary/aromatic N) is 5. The van der Waals surface area contributed by atoms with Crippen LogP contribution in [0.5, 0.6) is 0 Å². The minimum atomic E-state index is 0.496. The summed E-state index contributed by atoms with van der Waals surface area (Å²) >= 11 is 0. The highest BCUT2D eigenvalue weighted by molar-refractivity contribution is 5.75. The van der Waals surface area contributed by atoms with Crippen molar-refractivity contribution in [3.05, 3.63) is 150 Å². The summed E-state index contributed by atoms with van der Waals surface area (Å²) in [5.41, 5.74) is 8.18. The van der Waals surface area contributed by atoms with Gasteiger partial charge in [-0.15, -0.1) is 0 Å². The lowest BCUT2D eigenvalue weighted by atomic mass is 9.94. The van der Waals surface area contributed by atoms with Gasteiger partial charge in [0, 0.05) is 17.5 Å². The molecule has 5 aromatic carbocycles. The van der Waals surface area contributed by atoms with E-state index >= 15 is 0 Å². The van der Waals surface area contributed by atoms with Gasteiger partial charge in [0.15, 0.2) is 11.6 Å². The molecule has 41 heavy (non-hydrogen) atoms. The normalized spacial score (nSPS) is 10.5. The van der Waals surface area contributed by atoms with E-state index in [-0.39, 0.29) is 0 Å². The van der Waals surface area contributed by atoms with Crippen molar-refractivity contribution in [1.82, 2.24) is 15.0 Å². The summed E-state index contributed by atoms with van der Waals surface area (Å²) in [4.78, 5) is 14.6. The number of hydrogen-bond donors (Lipinski definition) is 0. The summed E-state index contributed by atoms with van der Waals surface area (Å²) in [6, 6.07) is 45.8. The molecule has 6 rings (SSSR count). The average molecular weight is 526 g/mol. The van der Waals surface area contributed by atoms with E-state index in [2.05, 4.69) is 30.3 Å². The molecule has 0 spiro atoms. The van der Waals surface area contributed by atoms with Crippen molar-refractivity contribution in [2.24, 2.45) is 0 Å². The van der Waals surface area contributed by atoms with Gasteiger partial charge in [-0.05, 0) is 58.1 Å². The second-order valence-electron chi connectivity index (χ2n) is 9.60. The standard InChI is InChI=1S/C36H23N5/c37-23-25-11-15-28(16-12-25)32-19-27(20-33(22-32)29-17-13-26(24-38)14-18-29)21-34-39-35(30-7-3-1-4-8-30)41-36(40-34)31-9-5-2-6-10-31/h1-20,22H,21H2. The molecular weight excluding hydrogens is 502 g/mol. The average Bonchev–Trinajstić information content (AvgIpc) is 3.05. The predicted octanol–water partition coefficient (Wildman–Crippen LogP) is 7.87. The second kappa shape index (κ2) is 11.5. The molecule has 0 saturated carbocycles. The first kappa shape index (κ1) is 25.4. The van der Waals surface area contributed by atoms with Gasteiger partial charge in [0.1, 0.15) is 5.82 Å². The van der Waals surface area contributed by atoms with Crippen molar-refractivity contribution in [3.8, 4) is 57.2 Å². The first-order valence-corrected chi connectivity index (χ1v) is 13.2. The molecule has 0 atom stereocenters. The maximum absolute atomic E-state index is 9.26. The summed E-state index contributed by atoms with van der Waals surface area (Å²) in [5.74, 6) is 1.93. The van der Waals surface area contributed by atoms with Crippen molar-refractivity contribution in [1.29, 1.82) is 10.5 Å². The van der Waals surface area contributed by atoms with Crippen LogP contribution in [-0.2, 0) is 6.42 Å². The fourth-order valence-corrected chi connectivity index (χ4v) is 4.72. The summed E-state index contributed by atoms with van der Waals surface area (Å²) < 4.78 is 0. The molecule has 5 heteroatoms. The van der Waals surface area contributed by atoms with Crippen LogP contribution in [0.2, 0.25) is 0 Å². The van der Waals surface area contributed by atoms with Gasteiger partial charge in [-0.3, -0.25) is 0 Å². The van der Waals surface area contributed by atoms with Crippen molar-refractivity contribution in [2.75, 3.05) is 0 Å². The quantitative estimate of drug-likeness (QED) is 0.221. The van der Waals surface area contributed by atoms with E-state index in [1.807, 2.05) is 109 Å². The van der Waals surface area contributed by atoms with E-state index in [0.29, 0.717) is 35.0 Å². The van der Waals surface area contributed by atoms with Crippen molar-refractivity contribution in [2.45, 2.75) is 6.42 Å². The number of nitriles is 2. The van der Waals surface area contributed by atoms with Crippen LogP contribution >= 0.6 is 0 Å². The van der Waals surface area contributed by atoms with E-state index in [9.17, 15) is 10.5 Å². The molecule has 0 unspecified atom stereocenters. The van der Waals surface area contributed by atoms with Gasteiger partial charge < -0.3 is 0 Å². The molecule has 192 valence electrons. The van der Waals surface area contributed by atoms with Gasteiger partial charge in [-0.2, -0.15) is 10.5 Å². The van der Waals surface area contributed by atoms with Gasteiger partial charge in [-0.1, -0.05) is 97.1 Å². The minimum absolute atomic E-state index is 0.496. The molecule has 0 aliphatic heterocycles. The van der Waals surface area contributed by atoms with Gasteiger partial charge >= 0.3 is 0 Å². The Bertz CT molecular complexity index is 1770. The lowest BCUT2D eigenvalue weighted by Gasteiger charge is -2.12. The van der Waals surface area contributed by atoms with Gasteiger partial charge in [0.05, 0.1) is 23.3 Å². The van der Waals surface area contributed by atoms with Crippen molar-refractivity contribution >= 4 is 0 Å². The summed E-state index contributed by atoms with van der Waals surface area (Å²) in [5, 5.41) is 18.5. The number of aromatic nitrogens is 3. The third-order valence-electron chi connectivity index (χ3n) is 6.80. The number of benzene rings is 5. The molecule has 1 aromatic heterocycles. The molecular formula is C36H23N5. The Morgan fingerprint density at radius 2 is 0.878 bits per heavy atom. The van der Waals surface area contributed by atoms with E-state index in [1.54, 1.807) is 0 Å². The molecule has 0 aliphatic carbocycles. The fourth-order valence-electron chi connectivity index (χ4n) is 4.72. The lowest BCUT2D eigenvalue weighted by molar-refractivity contribution is 0.933. The zero-order valence-corrected chi connectivity index (χ0v) is 22.1. The molecule has 5 nitrogen and oxygen atoms in total. The Kier molecular flexibility index (Phi) is 7.09. The van der Waals surface area contributed by atoms with E-state index < -0.39 is 0 Å². The van der Waals surface area contributed by atoms with E-state index in [0.717, 1.165) is 38.9 Å².